The smallest absolute Gasteiger partial charge is 0.234 e. The van der Waals surface area contributed by atoms with Crippen LogP contribution in [-0.2, 0) is 11.8 Å². The van der Waals surface area contributed by atoms with Gasteiger partial charge >= 0.3 is 0 Å². The zero-order chi connectivity index (χ0) is 13.1. The SMILES string of the molecule is CC(C)NC(=O)CN1CCC[C@H]1c1cnn(C)c1. The van der Waals surface area contributed by atoms with E-state index < -0.39 is 0 Å². The topological polar surface area (TPSA) is 50.2 Å². The summed E-state index contributed by atoms with van der Waals surface area (Å²) in [5, 5.41) is 7.16. The van der Waals surface area contributed by atoms with Gasteiger partial charge in [-0.2, -0.15) is 5.10 Å². The standard InChI is InChI=1S/C13H22N4O/c1-10(2)15-13(18)9-17-6-4-5-12(17)11-7-14-16(3)8-11/h7-8,10,12H,4-6,9H2,1-3H3,(H,15,18)/t12-/m0/s1. The second-order valence-electron chi connectivity index (χ2n) is 5.30. The molecule has 0 aromatic carbocycles. The van der Waals surface area contributed by atoms with Gasteiger partial charge in [-0.15, -0.1) is 0 Å². The van der Waals surface area contributed by atoms with Gasteiger partial charge in [0.15, 0.2) is 0 Å². The van der Waals surface area contributed by atoms with Gasteiger partial charge in [0.25, 0.3) is 0 Å². The molecule has 5 nitrogen and oxygen atoms in total. The van der Waals surface area contributed by atoms with E-state index in [4.69, 9.17) is 0 Å². The summed E-state index contributed by atoms with van der Waals surface area (Å²) in [4.78, 5) is 14.1. The van der Waals surface area contributed by atoms with Gasteiger partial charge in [0, 0.05) is 30.9 Å². The van der Waals surface area contributed by atoms with Crippen molar-refractivity contribution in [1.29, 1.82) is 0 Å². The van der Waals surface area contributed by atoms with E-state index in [1.807, 2.05) is 38.0 Å². The molecule has 1 aromatic heterocycles. The second kappa shape index (κ2) is 5.52. The highest BCUT2D eigenvalue weighted by atomic mass is 16.2. The molecule has 1 aliphatic heterocycles. The van der Waals surface area contributed by atoms with Crippen LogP contribution in [0, 0.1) is 0 Å². The number of nitrogens with zero attached hydrogens (tertiary/aromatic N) is 3. The Bertz CT molecular complexity index is 413. The fourth-order valence-corrected chi connectivity index (χ4v) is 2.56. The molecular formula is C13H22N4O. The van der Waals surface area contributed by atoms with Gasteiger partial charge in [0.2, 0.25) is 5.91 Å². The minimum atomic E-state index is 0.112. The van der Waals surface area contributed by atoms with Crippen molar-refractivity contribution >= 4 is 5.91 Å². The highest BCUT2D eigenvalue weighted by molar-refractivity contribution is 5.78. The Morgan fingerprint density at radius 3 is 3.00 bits per heavy atom. The van der Waals surface area contributed by atoms with Crippen molar-refractivity contribution < 1.29 is 4.79 Å². The van der Waals surface area contributed by atoms with Crippen molar-refractivity contribution in [2.45, 2.75) is 38.8 Å². The lowest BCUT2D eigenvalue weighted by Crippen LogP contribution is -2.39. The maximum Gasteiger partial charge on any atom is 0.234 e. The first-order chi connectivity index (χ1) is 8.56. The molecule has 18 heavy (non-hydrogen) atoms. The van der Waals surface area contributed by atoms with E-state index in [0.717, 1.165) is 19.4 Å². The van der Waals surface area contributed by atoms with E-state index in [1.54, 1.807) is 0 Å². The molecule has 1 saturated heterocycles. The quantitative estimate of drug-likeness (QED) is 0.870. The van der Waals surface area contributed by atoms with Gasteiger partial charge in [-0.3, -0.25) is 14.4 Å². The predicted molar refractivity (Wildman–Crippen MR) is 70.0 cm³/mol. The summed E-state index contributed by atoms with van der Waals surface area (Å²) in [7, 11) is 1.92. The molecule has 1 fully saturated rings. The molecule has 1 N–H and O–H groups in total. The molecule has 1 amide bonds. The molecule has 0 bridgehead atoms. The maximum absolute atomic E-state index is 11.8. The fourth-order valence-electron chi connectivity index (χ4n) is 2.56. The van der Waals surface area contributed by atoms with Crippen LogP contribution in [0.3, 0.4) is 0 Å². The molecule has 0 spiro atoms. The molecule has 0 aliphatic carbocycles. The van der Waals surface area contributed by atoms with Gasteiger partial charge in [-0.25, -0.2) is 0 Å². The van der Waals surface area contributed by atoms with Crippen molar-refractivity contribution in [3.63, 3.8) is 0 Å². The van der Waals surface area contributed by atoms with Crippen molar-refractivity contribution in [1.82, 2.24) is 20.0 Å². The normalized spacial score (nSPS) is 20.6. The zero-order valence-corrected chi connectivity index (χ0v) is 11.4. The molecule has 2 rings (SSSR count). The van der Waals surface area contributed by atoms with Crippen LogP contribution in [0.15, 0.2) is 12.4 Å². The first-order valence-corrected chi connectivity index (χ1v) is 6.58. The number of nitrogens with one attached hydrogen (secondary N) is 1. The minimum absolute atomic E-state index is 0.112. The Morgan fingerprint density at radius 2 is 2.39 bits per heavy atom. The second-order valence-corrected chi connectivity index (χ2v) is 5.30. The molecule has 1 aromatic rings. The number of carbonyl (C=O) groups is 1. The number of amides is 1. The molecule has 0 radical (unpaired) electrons. The van der Waals surface area contributed by atoms with Crippen molar-refractivity contribution in [3.05, 3.63) is 18.0 Å². The van der Waals surface area contributed by atoms with Crippen LogP contribution in [0.4, 0.5) is 0 Å². The summed E-state index contributed by atoms with van der Waals surface area (Å²) in [6.07, 6.45) is 6.21. The predicted octanol–water partition coefficient (Wildman–Crippen LogP) is 1.08. The van der Waals surface area contributed by atoms with Crippen LogP contribution in [0.25, 0.3) is 0 Å². The molecule has 2 heterocycles. The maximum atomic E-state index is 11.8. The van der Waals surface area contributed by atoms with Crippen molar-refractivity contribution in [2.75, 3.05) is 13.1 Å². The summed E-state index contributed by atoms with van der Waals surface area (Å²) < 4.78 is 1.82. The third kappa shape index (κ3) is 3.10. The van der Waals surface area contributed by atoms with Crippen LogP contribution in [0.2, 0.25) is 0 Å². The van der Waals surface area contributed by atoms with Gasteiger partial charge in [-0.1, -0.05) is 0 Å². The Morgan fingerprint density at radius 1 is 1.61 bits per heavy atom. The summed E-state index contributed by atoms with van der Waals surface area (Å²) in [5.74, 6) is 0.112. The molecule has 1 atom stereocenters. The van der Waals surface area contributed by atoms with E-state index in [0.29, 0.717) is 12.6 Å². The van der Waals surface area contributed by atoms with Crippen molar-refractivity contribution in [3.8, 4) is 0 Å². The van der Waals surface area contributed by atoms with Gasteiger partial charge < -0.3 is 5.32 Å². The number of hydrogen-bond donors (Lipinski definition) is 1. The third-order valence-corrected chi connectivity index (χ3v) is 3.27. The lowest BCUT2D eigenvalue weighted by atomic mass is 10.1. The molecular weight excluding hydrogens is 228 g/mol. The summed E-state index contributed by atoms with van der Waals surface area (Å²) in [6, 6.07) is 0.550. The van der Waals surface area contributed by atoms with Crippen molar-refractivity contribution in [2.24, 2.45) is 7.05 Å². The molecule has 0 saturated carbocycles. The number of aromatic nitrogens is 2. The van der Waals surface area contributed by atoms with E-state index in [-0.39, 0.29) is 11.9 Å². The van der Waals surface area contributed by atoms with Gasteiger partial charge in [0.1, 0.15) is 0 Å². The molecule has 1 aliphatic rings. The number of likely N-dealkylation sites (tertiary alicyclic amines) is 1. The van der Waals surface area contributed by atoms with E-state index in [2.05, 4.69) is 15.3 Å². The summed E-state index contributed by atoms with van der Waals surface area (Å²) >= 11 is 0. The average Bonchev–Trinajstić information content (AvgIpc) is 2.85. The number of hydrogen-bond acceptors (Lipinski definition) is 3. The lowest BCUT2D eigenvalue weighted by Gasteiger charge is -2.23. The van der Waals surface area contributed by atoms with Crippen LogP contribution in [0.1, 0.15) is 38.3 Å². The molecule has 100 valence electrons. The zero-order valence-electron chi connectivity index (χ0n) is 11.4. The summed E-state index contributed by atoms with van der Waals surface area (Å²) in [5.41, 5.74) is 1.22. The number of carbonyl (C=O) groups excluding carboxylic acids is 1. The van der Waals surface area contributed by atoms with Crippen LogP contribution in [0.5, 0.6) is 0 Å². The van der Waals surface area contributed by atoms with E-state index in [9.17, 15) is 4.79 Å². The number of aryl methyl sites for hydroxylation is 1. The highest BCUT2D eigenvalue weighted by Gasteiger charge is 2.28. The Kier molecular flexibility index (Phi) is 4.01. The molecule has 0 unspecified atom stereocenters. The van der Waals surface area contributed by atoms with Crippen LogP contribution >= 0.6 is 0 Å². The van der Waals surface area contributed by atoms with E-state index >= 15 is 0 Å². The first kappa shape index (κ1) is 13.1. The monoisotopic (exact) mass is 250 g/mol. The third-order valence-electron chi connectivity index (χ3n) is 3.27. The number of rotatable bonds is 4. The molecule has 5 heteroatoms. The van der Waals surface area contributed by atoms with Gasteiger partial charge in [-0.05, 0) is 33.2 Å². The Balaban J connectivity index is 1.97. The minimum Gasteiger partial charge on any atom is -0.353 e. The highest BCUT2D eigenvalue weighted by Crippen LogP contribution is 2.30. The van der Waals surface area contributed by atoms with E-state index in [1.165, 1.54) is 5.56 Å². The largest absolute Gasteiger partial charge is 0.353 e. The Hall–Kier alpha value is -1.36. The van der Waals surface area contributed by atoms with Gasteiger partial charge in [0.05, 0.1) is 12.7 Å². The van der Waals surface area contributed by atoms with Crippen LogP contribution < -0.4 is 5.32 Å². The average molecular weight is 250 g/mol. The fraction of sp³-hybridized carbons (Fsp3) is 0.692. The van der Waals surface area contributed by atoms with Crippen LogP contribution in [-0.4, -0.2) is 39.7 Å². The lowest BCUT2D eigenvalue weighted by molar-refractivity contribution is -0.122. The Labute approximate surface area is 108 Å². The first-order valence-electron chi connectivity index (χ1n) is 6.58. The summed E-state index contributed by atoms with van der Waals surface area (Å²) in [6.45, 7) is 5.45.